The summed E-state index contributed by atoms with van der Waals surface area (Å²) >= 11 is 0. The fraction of sp³-hybridized carbons (Fsp3) is 0.500. The molecule has 82 valence electrons. The molecule has 3 nitrogen and oxygen atoms in total. The third-order valence-corrected chi connectivity index (χ3v) is 3.27. The minimum atomic E-state index is -0.00273. The molecule has 0 saturated heterocycles. The SMILES string of the molecule is CN(C)[C@@H]1CCc2c(ccc(O)c2O)C1. The Balaban J connectivity index is 2.32. The lowest BCUT2D eigenvalue weighted by Gasteiger charge is -2.30. The molecule has 0 unspecified atom stereocenters. The highest BCUT2D eigenvalue weighted by atomic mass is 16.3. The minimum Gasteiger partial charge on any atom is -0.504 e. The summed E-state index contributed by atoms with van der Waals surface area (Å²) in [6.07, 6.45) is 2.84. The highest BCUT2D eigenvalue weighted by molar-refractivity contribution is 5.50. The Morgan fingerprint density at radius 3 is 2.67 bits per heavy atom. The fourth-order valence-corrected chi connectivity index (χ4v) is 2.24. The first-order valence-corrected chi connectivity index (χ1v) is 5.28. The van der Waals surface area contributed by atoms with Gasteiger partial charge in [-0.2, -0.15) is 0 Å². The monoisotopic (exact) mass is 207 g/mol. The summed E-state index contributed by atoms with van der Waals surface area (Å²) in [5.74, 6) is 0.0711. The van der Waals surface area contributed by atoms with E-state index in [2.05, 4.69) is 19.0 Å². The van der Waals surface area contributed by atoms with E-state index in [4.69, 9.17) is 0 Å². The van der Waals surface area contributed by atoms with Crippen LogP contribution in [0, 0.1) is 0 Å². The number of likely N-dealkylation sites (N-methyl/N-ethyl adjacent to an activating group) is 1. The van der Waals surface area contributed by atoms with Crippen molar-refractivity contribution >= 4 is 0 Å². The molecule has 2 rings (SSSR count). The summed E-state index contributed by atoms with van der Waals surface area (Å²) < 4.78 is 0. The predicted molar refractivity (Wildman–Crippen MR) is 59.3 cm³/mol. The van der Waals surface area contributed by atoms with Crippen LogP contribution >= 0.6 is 0 Å². The lowest BCUT2D eigenvalue weighted by atomic mass is 9.87. The zero-order valence-electron chi connectivity index (χ0n) is 9.20. The van der Waals surface area contributed by atoms with Crippen LogP contribution in [0.2, 0.25) is 0 Å². The van der Waals surface area contributed by atoms with Crippen LogP contribution < -0.4 is 0 Å². The van der Waals surface area contributed by atoms with Gasteiger partial charge in [-0.3, -0.25) is 0 Å². The lowest BCUT2D eigenvalue weighted by Crippen LogP contribution is -2.33. The van der Waals surface area contributed by atoms with Crippen molar-refractivity contribution in [1.29, 1.82) is 0 Å². The Labute approximate surface area is 90.0 Å². The van der Waals surface area contributed by atoms with Gasteiger partial charge in [-0.05, 0) is 45.0 Å². The molecule has 1 atom stereocenters. The first kappa shape index (κ1) is 10.3. The molecule has 1 aromatic rings. The number of phenolic OH excluding ortho intramolecular Hbond substituents is 2. The van der Waals surface area contributed by atoms with Crippen LogP contribution in [0.3, 0.4) is 0 Å². The van der Waals surface area contributed by atoms with Crippen molar-refractivity contribution in [2.45, 2.75) is 25.3 Å². The molecule has 1 aliphatic carbocycles. The lowest BCUT2D eigenvalue weighted by molar-refractivity contribution is 0.265. The summed E-state index contributed by atoms with van der Waals surface area (Å²) in [5, 5.41) is 19.1. The van der Waals surface area contributed by atoms with Crippen molar-refractivity contribution in [2.24, 2.45) is 0 Å². The smallest absolute Gasteiger partial charge is 0.160 e. The number of fused-ring (bicyclic) bond motifs is 1. The topological polar surface area (TPSA) is 43.7 Å². The average molecular weight is 207 g/mol. The highest BCUT2D eigenvalue weighted by Gasteiger charge is 2.23. The standard InChI is InChI=1S/C12H17NO2/c1-13(2)9-4-5-10-8(7-9)3-6-11(14)12(10)15/h3,6,9,14-15H,4-5,7H2,1-2H3/t9-/m1/s1. The Kier molecular flexibility index (Phi) is 2.57. The second kappa shape index (κ2) is 3.74. The molecule has 2 N–H and O–H groups in total. The van der Waals surface area contributed by atoms with Gasteiger partial charge in [-0.15, -0.1) is 0 Å². The molecule has 0 radical (unpaired) electrons. The van der Waals surface area contributed by atoms with Crippen molar-refractivity contribution in [2.75, 3.05) is 14.1 Å². The highest BCUT2D eigenvalue weighted by Crippen LogP contribution is 2.36. The molecular weight excluding hydrogens is 190 g/mol. The molecule has 1 aromatic carbocycles. The maximum absolute atomic E-state index is 9.70. The summed E-state index contributed by atoms with van der Waals surface area (Å²) in [6.45, 7) is 0. The van der Waals surface area contributed by atoms with Crippen LogP contribution in [-0.4, -0.2) is 35.3 Å². The van der Waals surface area contributed by atoms with Gasteiger partial charge in [0.25, 0.3) is 0 Å². The molecule has 15 heavy (non-hydrogen) atoms. The molecule has 0 aliphatic heterocycles. The number of rotatable bonds is 1. The van der Waals surface area contributed by atoms with Crippen molar-refractivity contribution < 1.29 is 10.2 Å². The molecule has 0 amide bonds. The third-order valence-electron chi connectivity index (χ3n) is 3.27. The molecule has 0 bridgehead atoms. The van der Waals surface area contributed by atoms with Gasteiger partial charge in [0.2, 0.25) is 0 Å². The number of benzene rings is 1. The van der Waals surface area contributed by atoms with Crippen molar-refractivity contribution in [1.82, 2.24) is 4.90 Å². The van der Waals surface area contributed by atoms with E-state index in [-0.39, 0.29) is 11.5 Å². The predicted octanol–water partition coefficient (Wildman–Crippen LogP) is 1.52. The minimum absolute atomic E-state index is 0.00273. The zero-order chi connectivity index (χ0) is 11.0. The van der Waals surface area contributed by atoms with Gasteiger partial charge in [0.05, 0.1) is 0 Å². The number of aromatic hydroxyl groups is 2. The van der Waals surface area contributed by atoms with Crippen LogP contribution in [0.1, 0.15) is 17.5 Å². The summed E-state index contributed by atoms with van der Waals surface area (Å²) in [4.78, 5) is 2.22. The number of nitrogens with zero attached hydrogens (tertiary/aromatic N) is 1. The van der Waals surface area contributed by atoms with E-state index in [1.807, 2.05) is 6.07 Å². The van der Waals surface area contributed by atoms with Crippen molar-refractivity contribution in [3.8, 4) is 11.5 Å². The van der Waals surface area contributed by atoms with E-state index in [9.17, 15) is 10.2 Å². The van der Waals surface area contributed by atoms with Gasteiger partial charge in [-0.25, -0.2) is 0 Å². The Bertz CT molecular complexity index is 374. The zero-order valence-corrected chi connectivity index (χ0v) is 9.20. The molecule has 3 heteroatoms. The molecule has 0 fully saturated rings. The van der Waals surface area contributed by atoms with Gasteiger partial charge < -0.3 is 15.1 Å². The first-order chi connectivity index (χ1) is 7.09. The molecule has 0 heterocycles. The first-order valence-electron chi connectivity index (χ1n) is 5.28. The number of phenols is 2. The van der Waals surface area contributed by atoms with Crippen molar-refractivity contribution in [3.63, 3.8) is 0 Å². The van der Waals surface area contributed by atoms with Crippen LogP contribution in [0.15, 0.2) is 12.1 Å². The molecular formula is C12H17NO2. The van der Waals surface area contributed by atoms with Crippen molar-refractivity contribution in [3.05, 3.63) is 23.3 Å². The van der Waals surface area contributed by atoms with E-state index in [0.29, 0.717) is 6.04 Å². The van der Waals surface area contributed by atoms with E-state index in [1.54, 1.807) is 6.07 Å². The molecule has 0 saturated carbocycles. The average Bonchev–Trinajstić information content (AvgIpc) is 2.23. The maximum Gasteiger partial charge on any atom is 0.160 e. The van der Waals surface area contributed by atoms with E-state index in [0.717, 1.165) is 30.4 Å². The molecule has 1 aliphatic rings. The second-order valence-electron chi connectivity index (χ2n) is 4.43. The summed E-state index contributed by atoms with van der Waals surface area (Å²) in [5.41, 5.74) is 2.09. The van der Waals surface area contributed by atoms with Crippen LogP contribution in [0.5, 0.6) is 11.5 Å². The maximum atomic E-state index is 9.70. The summed E-state index contributed by atoms with van der Waals surface area (Å²) in [6, 6.07) is 4.04. The Morgan fingerprint density at radius 2 is 2.00 bits per heavy atom. The van der Waals surface area contributed by atoms with Gasteiger partial charge >= 0.3 is 0 Å². The molecule has 0 spiro atoms. The third kappa shape index (κ3) is 1.79. The Hall–Kier alpha value is -1.22. The van der Waals surface area contributed by atoms with Gasteiger partial charge in [-0.1, -0.05) is 6.07 Å². The summed E-state index contributed by atoms with van der Waals surface area (Å²) in [7, 11) is 4.16. The molecule has 0 aromatic heterocycles. The fourth-order valence-electron chi connectivity index (χ4n) is 2.24. The van der Waals surface area contributed by atoms with Crippen LogP contribution in [0.25, 0.3) is 0 Å². The Morgan fingerprint density at radius 1 is 1.27 bits per heavy atom. The van der Waals surface area contributed by atoms with Gasteiger partial charge in [0, 0.05) is 11.6 Å². The van der Waals surface area contributed by atoms with Crippen LogP contribution in [-0.2, 0) is 12.8 Å². The number of hydrogen-bond donors (Lipinski definition) is 2. The van der Waals surface area contributed by atoms with E-state index < -0.39 is 0 Å². The van der Waals surface area contributed by atoms with Crippen LogP contribution in [0.4, 0.5) is 0 Å². The van der Waals surface area contributed by atoms with E-state index >= 15 is 0 Å². The second-order valence-corrected chi connectivity index (χ2v) is 4.43. The van der Waals surface area contributed by atoms with Gasteiger partial charge in [0.15, 0.2) is 11.5 Å². The quantitative estimate of drug-likeness (QED) is 0.686. The largest absolute Gasteiger partial charge is 0.504 e. The number of hydrogen-bond acceptors (Lipinski definition) is 3. The van der Waals surface area contributed by atoms with Gasteiger partial charge in [0.1, 0.15) is 0 Å². The van der Waals surface area contributed by atoms with E-state index in [1.165, 1.54) is 0 Å². The normalized spacial score (nSPS) is 20.3.